The number of nitrogens with one attached hydrogen (secondary N) is 1. The zero-order valence-electron chi connectivity index (χ0n) is 11.4. The second-order valence-electron chi connectivity index (χ2n) is 5.08. The van der Waals surface area contributed by atoms with E-state index in [1.165, 1.54) is 10.9 Å². The monoisotopic (exact) mass is 275 g/mol. The van der Waals surface area contributed by atoms with Crippen LogP contribution in [0.15, 0.2) is 11.1 Å². The van der Waals surface area contributed by atoms with Gasteiger partial charge in [-0.3, -0.25) is 4.68 Å². The first-order valence-corrected chi connectivity index (χ1v) is 7.01. The van der Waals surface area contributed by atoms with Gasteiger partial charge in [0.05, 0.1) is 0 Å². The zero-order chi connectivity index (χ0) is 14.1. The van der Waals surface area contributed by atoms with E-state index in [4.69, 9.17) is 5.73 Å². The number of rotatable bonds is 5. The Labute approximate surface area is 108 Å². The molecule has 1 heterocycles. The van der Waals surface area contributed by atoms with E-state index in [-0.39, 0.29) is 22.8 Å². The lowest BCUT2D eigenvalue weighted by atomic mass is 10.1. The largest absolute Gasteiger partial charge is 0.381 e. The summed E-state index contributed by atoms with van der Waals surface area (Å²) < 4.78 is 28.1. The van der Waals surface area contributed by atoms with Gasteiger partial charge in [0.2, 0.25) is 10.0 Å². The van der Waals surface area contributed by atoms with Gasteiger partial charge in [-0.1, -0.05) is 0 Å². The summed E-state index contributed by atoms with van der Waals surface area (Å²) in [5, 5.41) is 3.82. The van der Waals surface area contributed by atoms with E-state index >= 15 is 0 Å². The summed E-state index contributed by atoms with van der Waals surface area (Å²) in [6, 6.07) is 0. The molecular weight excluding hydrogens is 254 g/mol. The molecule has 0 aromatic carbocycles. The molecule has 0 bridgehead atoms. The van der Waals surface area contributed by atoms with Crippen LogP contribution in [-0.4, -0.2) is 49.3 Å². The van der Waals surface area contributed by atoms with E-state index < -0.39 is 10.0 Å². The van der Waals surface area contributed by atoms with Gasteiger partial charge in [0, 0.05) is 25.3 Å². The molecule has 0 radical (unpaired) electrons. The van der Waals surface area contributed by atoms with Crippen LogP contribution in [0, 0.1) is 0 Å². The predicted molar refractivity (Wildman–Crippen MR) is 70.6 cm³/mol. The number of aromatic nitrogens is 2. The Morgan fingerprint density at radius 2 is 2.06 bits per heavy atom. The molecule has 18 heavy (non-hydrogen) atoms. The van der Waals surface area contributed by atoms with Crippen LogP contribution >= 0.6 is 0 Å². The van der Waals surface area contributed by atoms with Crippen LogP contribution < -0.4 is 10.5 Å². The lowest BCUT2D eigenvalue weighted by Crippen LogP contribution is -2.48. The number of hydrogen-bond acceptors (Lipinski definition) is 5. The maximum atomic E-state index is 12.1. The number of aryl methyl sites for hydroxylation is 1. The number of nitrogen functional groups attached to an aromatic ring is 1. The first kappa shape index (κ1) is 14.9. The highest BCUT2D eigenvalue weighted by molar-refractivity contribution is 7.89. The van der Waals surface area contributed by atoms with Crippen molar-refractivity contribution < 1.29 is 8.42 Å². The Balaban J connectivity index is 2.88. The summed E-state index contributed by atoms with van der Waals surface area (Å²) in [6.07, 6.45) is 1.39. The highest BCUT2D eigenvalue weighted by Gasteiger charge is 2.26. The Morgan fingerprint density at radius 3 is 2.44 bits per heavy atom. The normalized spacial score (nSPS) is 13.2. The topological polar surface area (TPSA) is 93.2 Å². The van der Waals surface area contributed by atoms with Crippen LogP contribution in [-0.2, 0) is 17.1 Å². The number of nitrogens with two attached hydrogens (primary N) is 1. The first-order chi connectivity index (χ1) is 8.06. The molecule has 8 heteroatoms. The van der Waals surface area contributed by atoms with Gasteiger partial charge in [0.15, 0.2) is 5.82 Å². The van der Waals surface area contributed by atoms with Crippen LogP contribution in [0.25, 0.3) is 0 Å². The molecule has 0 saturated heterocycles. The third-order valence-electron chi connectivity index (χ3n) is 3.02. The summed E-state index contributed by atoms with van der Waals surface area (Å²) in [5.74, 6) is 0.00709. The molecule has 0 fully saturated rings. The Morgan fingerprint density at radius 1 is 1.50 bits per heavy atom. The van der Waals surface area contributed by atoms with E-state index in [1.807, 2.05) is 32.8 Å². The highest BCUT2D eigenvalue weighted by atomic mass is 32.2. The van der Waals surface area contributed by atoms with E-state index in [9.17, 15) is 8.42 Å². The minimum absolute atomic E-state index is 0.00709. The molecule has 0 aliphatic carbocycles. The van der Waals surface area contributed by atoms with E-state index in [2.05, 4.69) is 9.82 Å². The molecule has 0 atom stereocenters. The molecule has 0 aliphatic heterocycles. The Kier molecular flexibility index (Phi) is 4.04. The van der Waals surface area contributed by atoms with Gasteiger partial charge in [-0.15, -0.1) is 0 Å². The number of likely N-dealkylation sites (N-methyl/N-ethyl adjacent to an activating group) is 1. The SMILES string of the molecule is CN(C)C(C)(C)CNS(=O)(=O)c1cn(C)nc1N. The minimum Gasteiger partial charge on any atom is -0.381 e. The van der Waals surface area contributed by atoms with Crippen molar-refractivity contribution in [3.05, 3.63) is 6.20 Å². The van der Waals surface area contributed by atoms with Crippen molar-refractivity contribution in [2.24, 2.45) is 7.05 Å². The lowest BCUT2D eigenvalue weighted by Gasteiger charge is -2.32. The number of nitrogens with zero attached hydrogens (tertiary/aromatic N) is 3. The second-order valence-corrected chi connectivity index (χ2v) is 6.82. The maximum absolute atomic E-state index is 12.1. The van der Waals surface area contributed by atoms with Gasteiger partial charge < -0.3 is 10.6 Å². The molecular formula is C10H21N5O2S. The molecule has 104 valence electrons. The fraction of sp³-hybridized carbons (Fsp3) is 0.700. The van der Waals surface area contributed by atoms with Crippen molar-refractivity contribution in [2.45, 2.75) is 24.3 Å². The molecule has 1 rings (SSSR count). The molecule has 7 nitrogen and oxygen atoms in total. The molecule has 0 aliphatic rings. The molecule has 0 unspecified atom stereocenters. The van der Waals surface area contributed by atoms with Gasteiger partial charge >= 0.3 is 0 Å². The van der Waals surface area contributed by atoms with Crippen molar-refractivity contribution in [1.82, 2.24) is 19.4 Å². The fourth-order valence-corrected chi connectivity index (χ4v) is 2.50. The van der Waals surface area contributed by atoms with E-state index in [0.29, 0.717) is 0 Å². The third-order valence-corrected chi connectivity index (χ3v) is 4.43. The lowest BCUT2D eigenvalue weighted by molar-refractivity contribution is 0.199. The van der Waals surface area contributed by atoms with Gasteiger partial charge in [0.25, 0.3) is 0 Å². The molecule has 1 aromatic rings. The number of anilines is 1. The van der Waals surface area contributed by atoms with Gasteiger partial charge in [-0.05, 0) is 27.9 Å². The zero-order valence-corrected chi connectivity index (χ0v) is 12.2. The number of hydrogen-bond donors (Lipinski definition) is 2. The van der Waals surface area contributed by atoms with Crippen molar-refractivity contribution in [2.75, 3.05) is 26.4 Å². The predicted octanol–water partition coefficient (Wildman–Crippen LogP) is -0.379. The van der Waals surface area contributed by atoms with Crippen molar-refractivity contribution in [1.29, 1.82) is 0 Å². The minimum atomic E-state index is -3.62. The van der Waals surface area contributed by atoms with Crippen molar-refractivity contribution in [3.8, 4) is 0 Å². The molecule has 0 spiro atoms. The smallest absolute Gasteiger partial charge is 0.245 e. The first-order valence-electron chi connectivity index (χ1n) is 5.52. The number of sulfonamides is 1. The standard InChI is InChI=1S/C10H21N5O2S/c1-10(2,14(3)4)7-12-18(16,17)8-6-15(5)13-9(8)11/h6,12H,7H2,1-5H3,(H2,11,13). The van der Waals surface area contributed by atoms with Crippen LogP contribution in [0.1, 0.15) is 13.8 Å². The third kappa shape index (κ3) is 3.21. The van der Waals surface area contributed by atoms with Crippen LogP contribution in [0.3, 0.4) is 0 Å². The van der Waals surface area contributed by atoms with Crippen LogP contribution in [0.4, 0.5) is 5.82 Å². The Hall–Kier alpha value is -1.12. The van der Waals surface area contributed by atoms with Gasteiger partial charge in [0.1, 0.15) is 4.90 Å². The van der Waals surface area contributed by atoms with Gasteiger partial charge in [-0.2, -0.15) is 5.10 Å². The van der Waals surface area contributed by atoms with E-state index in [0.717, 1.165) is 0 Å². The Bertz CT molecular complexity index is 518. The van der Waals surface area contributed by atoms with Gasteiger partial charge in [-0.25, -0.2) is 13.1 Å². The summed E-state index contributed by atoms with van der Waals surface area (Å²) in [7, 11) is 1.79. The van der Waals surface area contributed by atoms with Crippen LogP contribution in [0.2, 0.25) is 0 Å². The maximum Gasteiger partial charge on any atom is 0.245 e. The molecule has 0 amide bonds. The highest BCUT2D eigenvalue weighted by Crippen LogP contribution is 2.16. The van der Waals surface area contributed by atoms with Crippen molar-refractivity contribution in [3.63, 3.8) is 0 Å². The van der Waals surface area contributed by atoms with Crippen molar-refractivity contribution >= 4 is 15.8 Å². The average Bonchev–Trinajstić information content (AvgIpc) is 2.56. The van der Waals surface area contributed by atoms with E-state index in [1.54, 1.807) is 7.05 Å². The summed E-state index contributed by atoms with van der Waals surface area (Å²) in [5.41, 5.74) is 5.28. The van der Waals surface area contributed by atoms with Crippen LogP contribution in [0.5, 0.6) is 0 Å². The summed E-state index contributed by atoms with van der Waals surface area (Å²) in [6.45, 7) is 4.18. The molecule has 1 aromatic heterocycles. The molecule has 3 N–H and O–H groups in total. The second kappa shape index (κ2) is 4.87. The summed E-state index contributed by atoms with van der Waals surface area (Å²) >= 11 is 0. The molecule has 0 saturated carbocycles. The summed E-state index contributed by atoms with van der Waals surface area (Å²) in [4.78, 5) is 1.96. The quantitative estimate of drug-likeness (QED) is 0.764. The fourth-order valence-electron chi connectivity index (χ4n) is 1.20. The average molecular weight is 275 g/mol.